The molecular weight excluding hydrogens is 583 g/mol. The summed E-state index contributed by atoms with van der Waals surface area (Å²) >= 11 is 2.11. The fourth-order valence-electron chi connectivity index (χ4n) is 3.57. The molecule has 3 aromatic rings. The third-order valence-electron chi connectivity index (χ3n) is 5.34. The van der Waals surface area contributed by atoms with Crippen LogP contribution in [0, 0.1) is 14.9 Å². The summed E-state index contributed by atoms with van der Waals surface area (Å²) in [6.45, 7) is 2.85. The van der Waals surface area contributed by atoms with Crippen molar-refractivity contribution in [1.29, 1.82) is 5.26 Å². The lowest BCUT2D eigenvalue weighted by atomic mass is 10.1. The molecule has 0 aliphatic heterocycles. The molecule has 2 N–H and O–H groups in total. The second-order valence-corrected chi connectivity index (χ2v) is 9.23. The minimum absolute atomic E-state index is 0.00267. The van der Waals surface area contributed by atoms with Crippen LogP contribution in [0.3, 0.4) is 0 Å². The van der Waals surface area contributed by atoms with Gasteiger partial charge in [-0.3, -0.25) is 4.79 Å². The number of nitrogens with one attached hydrogen (secondary N) is 1. The molecule has 0 heterocycles. The van der Waals surface area contributed by atoms with Gasteiger partial charge in [-0.1, -0.05) is 42.5 Å². The van der Waals surface area contributed by atoms with Gasteiger partial charge in [0, 0.05) is 6.54 Å². The summed E-state index contributed by atoms with van der Waals surface area (Å²) in [6, 6.07) is 22.0. The van der Waals surface area contributed by atoms with Crippen LogP contribution in [-0.2, 0) is 17.8 Å². The van der Waals surface area contributed by atoms with Crippen molar-refractivity contribution in [2.75, 3.05) is 13.2 Å². The van der Waals surface area contributed by atoms with Crippen molar-refractivity contribution in [2.24, 2.45) is 0 Å². The highest BCUT2D eigenvalue weighted by atomic mass is 127. The first kappa shape index (κ1) is 27.7. The predicted octanol–water partition coefficient (Wildman–Crippen LogP) is 5.62. The molecule has 0 aromatic heterocycles. The van der Waals surface area contributed by atoms with Crippen LogP contribution >= 0.6 is 22.6 Å². The van der Waals surface area contributed by atoms with Gasteiger partial charge in [-0.25, -0.2) is 4.79 Å². The molecule has 0 aliphatic rings. The zero-order valence-corrected chi connectivity index (χ0v) is 22.5. The van der Waals surface area contributed by atoms with Gasteiger partial charge in [-0.15, -0.1) is 0 Å². The summed E-state index contributed by atoms with van der Waals surface area (Å²) in [4.78, 5) is 23.8. The van der Waals surface area contributed by atoms with Crippen molar-refractivity contribution >= 4 is 40.5 Å². The monoisotopic (exact) mass is 610 g/mol. The van der Waals surface area contributed by atoms with Crippen LogP contribution in [0.2, 0.25) is 0 Å². The van der Waals surface area contributed by atoms with E-state index in [4.69, 9.17) is 9.47 Å². The summed E-state index contributed by atoms with van der Waals surface area (Å²) in [5, 5.41) is 21.6. The number of carbonyl (C=O) groups excluding carboxylic acids is 1. The molecule has 0 atom stereocenters. The third kappa shape index (κ3) is 8.36. The number of halogens is 1. The van der Waals surface area contributed by atoms with Gasteiger partial charge in [0.2, 0.25) is 0 Å². The Morgan fingerprint density at radius 2 is 1.81 bits per heavy atom. The molecule has 0 fully saturated rings. The lowest BCUT2D eigenvalue weighted by Crippen LogP contribution is -2.25. The zero-order chi connectivity index (χ0) is 26.6. The molecule has 3 aromatic carbocycles. The lowest BCUT2D eigenvalue weighted by molar-refractivity contribution is -0.117. The Bertz CT molecular complexity index is 1320. The molecule has 0 spiro atoms. The number of aromatic carboxylic acids is 1. The summed E-state index contributed by atoms with van der Waals surface area (Å²) in [7, 11) is 0. The molecule has 0 bridgehead atoms. The number of benzene rings is 3. The van der Waals surface area contributed by atoms with Crippen molar-refractivity contribution in [1.82, 2.24) is 5.32 Å². The Hall–Kier alpha value is -3.84. The molecule has 0 aliphatic carbocycles. The van der Waals surface area contributed by atoms with Gasteiger partial charge < -0.3 is 19.9 Å². The maximum absolute atomic E-state index is 12.6. The van der Waals surface area contributed by atoms with Gasteiger partial charge in [0.05, 0.1) is 15.7 Å². The van der Waals surface area contributed by atoms with E-state index in [-0.39, 0.29) is 17.7 Å². The second-order valence-electron chi connectivity index (χ2n) is 8.07. The highest BCUT2D eigenvalue weighted by Crippen LogP contribution is 2.35. The molecule has 0 saturated carbocycles. The van der Waals surface area contributed by atoms with Crippen LogP contribution in [0.25, 0.3) is 6.08 Å². The molecular formula is C29H27IN2O5. The van der Waals surface area contributed by atoms with E-state index >= 15 is 0 Å². The Labute approximate surface area is 229 Å². The van der Waals surface area contributed by atoms with E-state index in [2.05, 4.69) is 27.9 Å². The van der Waals surface area contributed by atoms with Gasteiger partial charge in [0.1, 0.15) is 18.2 Å². The third-order valence-corrected chi connectivity index (χ3v) is 6.14. The highest BCUT2D eigenvalue weighted by molar-refractivity contribution is 14.1. The second kappa shape index (κ2) is 14.0. The predicted molar refractivity (Wildman–Crippen MR) is 149 cm³/mol. The largest absolute Gasteiger partial charge is 0.490 e. The number of carbonyl (C=O) groups is 2. The average molecular weight is 610 g/mol. The van der Waals surface area contributed by atoms with Crippen molar-refractivity contribution in [3.05, 3.63) is 98.1 Å². The van der Waals surface area contributed by atoms with Gasteiger partial charge in [0.15, 0.2) is 11.5 Å². The van der Waals surface area contributed by atoms with Gasteiger partial charge in [0.25, 0.3) is 5.91 Å². The first-order valence-corrected chi connectivity index (χ1v) is 12.8. The van der Waals surface area contributed by atoms with Gasteiger partial charge >= 0.3 is 5.97 Å². The van der Waals surface area contributed by atoms with E-state index in [1.54, 1.807) is 30.3 Å². The van der Waals surface area contributed by atoms with Crippen LogP contribution < -0.4 is 14.8 Å². The number of hydrogen-bond acceptors (Lipinski definition) is 5. The van der Waals surface area contributed by atoms with Crippen LogP contribution in [0.15, 0.2) is 72.3 Å². The molecule has 0 saturated heterocycles. The number of ether oxygens (including phenoxy) is 2. The van der Waals surface area contributed by atoms with Crippen LogP contribution in [0.5, 0.6) is 11.5 Å². The molecule has 190 valence electrons. The number of hydrogen-bond donors (Lipinski definition) is 2. The Morgan fingerprint density at radius 3 is 2.51 bits per heavy atom. The minimum Gasteiger partial charge on any atom is -0.490 e. The van der Waals surface area contributed by atoms with Crippen molar-refractivity contribution in [3.8, 4) is 17.6 Å². The maximum Gasteiger partial charge on any atom is 0.335 e. The molecule has 37 heavy (non-hydrogen) atoms. The van der Waals surface area contributed by atoms with Crippen LogP contribution in [-0.4, -0.2) is 30.1 Å². The number of aryl methyl sites for hydroxylation is 1. The maximum atomic E-state index is 12.6. The van der Waals surface area contributed by atoms with E-state index in [1.807, 2.05) is 43.3 Å². The molecule has 0 unspecified atom stereocenters. The van der Waals surface area contributed by atoms with E-state index < -0.39 is 11.9 Å². The smallest absolute Gasteiger partial charge is 0.335 e. The molecule has 8 heteroatoms. The van der Waals surface area contributed by atoms with Crippen LogP contribution in [0.1, 0.15) is 40.4 Å². The van der Waals surface area contributed by atoms with Crippen LogP contribution in [0.4, 0.5) is 0 Å². The number of nitriles is 1. The Kier molecular flexibility index (Phi) is 10.5. The topological polar surface area (TPSA) is 109 Å². The van der Waals surface area contributed by atoms with Crippen molar-refractivity contribution in [3.63, 3.8) is 0 Å². The highest BCUT2D eigenvalue weighted by Gasteiger charge is 2.15. The summed E-state index contributed by atoms with van der Waals surface area (Å²) in [6.07, 6.45) is 3.13. The quantitative estimate of drug-likeness (QED) is 0.119. The number of amides is 1. The van der Waals surface area contributed by atoms with Gasteiger partial charge in [-0.05, 0) is 89.4 Å². The lowest BCUT2D eigenvalue weighted by Gasteiger charge is -2.15. The van der Waals surface area contributed by atoms with E-state index in [1.165, 1.54) is 17.7 Å². The fourth-order valence-corrected chi connectivity index (χ4v) is 4.35. The number of rotatable bonds is 12. The van der Waals surface area contributed by atoms with E-state index in [9.17, 15) is 20.0 Å². The average Bonchev–Trinajstić information content (AvgIpc) is 2.90. The number of nitrogens with zero attached hydrogens (tertiary/aromatic N) is 1. The van der Waals surface area contributed by atoms with Crippen molar-refractivity contribution in [2.45, 2.75) is 26.4 Å². The summed E-state index contributed by atoms with van der Waals surface area (Å²) in [5.41, 5.74) is 2.71. The van der Waals surface area contributed by atoms with Gasteiger partial charge in [-0.2, -0.15) is 5.26 Å². The molecule has 7 nitrogen and oxygen atoms in total. The SMILES string of the molecule is CCOc1cc(/C=C(/C#N)C(=O)NCCCc2ccccc2)cc(I)c1OCc1cccc(C(=O)O)c1. The summed E-state index contributed by atoms with van der Waals surface area (Å²) in [5.74, 6) is -0.460. The summed E-state index contributed by atoms with van der Waals surface area (Å²) < 4.78 is 12.5. The number of carboxylic acid groups (broad SMARTS) is 1. The normalized spacial score (nSPS) is 10.9. The molecule has 0 radical (unpaired) electrons. The van der Waals surface area contributed by atoms with E-state index in [0.29, 0.717) is 35.8 Å². The molecule has 1 amide bonds. The zero-order valence-electron chi connectivity index (χ0n) is 20.4. The fraction of sp³-hybridized carbons (Fsp3) is 0.207. The Balaban J connectivity index is 1.70. The standard InChI is InChI=1S/C29H27IN2O5/c1-2-36-26-17-22(15-24(18-31)28(33)32-13-7-11-20-8-4-3-5-9-20)16-25(30)27(26)37-19-21-10-6-12-23(14-21)29(34)35/h3-6,8-10,12,14-17H,2,7,11,13,19H2,1H3,(H,32,33)(H,34,35)/b24-15-. The first-order valence-electron chi connectivity index (χ1n) is 11.8. The minimum atomic E-state index is -1.00. The Morgan fingerprint density at radius 1 is 1.05 bits per heavy atom. The first-order chi connectivity index (χ1) is 17.9. The van der Waals surface area contributed by atoms with Crippen molar-refractivity contribution < 1.29 is 24.2 Å². The number of carboxylic acids is 1. The molecule has 3 rings (SSSR count). The van der Waals surface area contributed by atoms with E-state index in [0.717, 1.165) is 16.4 Å².